The van der Waals surface area contributed by atoms with E-state index >= 15 is 0 Å². The molecule has 4 rings (SSSR count). The van der Waals surface area contributed by atoms with Crippen LogP contribution in [0.2, 0.25) is 0 Å². The van der Waals surface area contributed by atoms with E-state index in [9.17, 15) is 13.8 Å². The van der Waals surface area contributed by atoms with Crippen LogP contribution in [0.15, 0.2) is 51.5 Å². The quantitative estimate of drug-likeness (QED) is 0.630. The zero-order valence-electron chi connectivity index (χ0n) is 16.6. The molecule has 2 aliphatic carbocycles. The summed E-state index contributed by atoms with van der Waals surface area (Å²) in [5.41, 5.74) is 1.63. The molecule has 1 aromatic heterocycles. The number of aryl methyl sites for hydroxylation is 2. The van der Waals surface area contributed by atoms with Crippen LogP contribution < -0.4 is 15.6 Å². The maximum Gasteiger partial charge on any atom is 0.261 e. The summed E-state index contributed by atoms with van der Waals surface area (Å²) in [4.78, 5) is 27.8. The van der Waals surface area contributed by atoms with Gasteiger partial charge in [-0.1, -0.05) is 6.08 Å². The van der Waals surface area contributed by atoms with Crippen LogP contribution in [-0.4, -0.2) is 27.7 Å². The number of aromatic nitrogens is 1. The second-order valence-electron chi connectivity index (χ2n) is 7.69. The number of aromatic amines is 1. The van der Waals surface area contributed by atoms with Crippen molar-refractivity contribution in [2.75, 3.05) is 6.54 Å². The van der Waals surface area contributed by atoms with Gasteiger partial charge in [0.05, 0.1) is 20.7 Å². The maximum absolute atomic E-state index is 12.6. The van der Waals surface area contributed by atoms with Crippen molar-refractivity contribution in [3.8, 4) is 5.75 Å². The lowest BCUT2D eigenvalue weighted by Gasteiger charge is -2.15. The molecule has 1 unspecified atom stereocenters. The van der Waals surface area contributed by atoms with Crippen LogP contribution in [0.4, 0.5) is 0 Å². The van der Waals surface area contributed by atoms with Crippen LogP contribution in [0.5, 0.6) is 5.75 Å². The summed E-state index contributed by atoms with van der Waals surface area (Å²) in [6.07, 6.45) is 7.66. The van der Waals surface area contributed by atoms with Crippen molar-refractivity contribution in [2.24, 2.45) is 0 Å². The van der Waals surface area contributed by atoms with E-state index in [-0.39, 0.29) is 18.2 Å². The van der Waals surface area contributed by atoms with Crippen molar-refractivity contribution in [1.29, 1.82) is 4.78 Å². The summed E-state index contributed by atoms with van der Waals surface area (Å²) in [6.45, 7) is 0.0775. The number of carbonyl (C=O) groups excluding carboxylic acids is 1. The number of amides is 1. The molecule has 0 spiro atoms. The van der Waals surface area contributed by atoms with Gasteiger partial charge in [0.1, 0.15) is 11.3 Å². The number of rotatable bonds is 7. The summed E-state index contributed by atoms with van der Waals surface area (Å²) in [5.74, 6) is 0.232. The summed E-state index contributed by atoms with van der Waals surface area (Å²) in [7, 11) is -3.13. The molecule has 0 radical (unpaired) electrons. The first-order valence-corrected chi connectivity index (χ1v) is 11.8. The third-order valence-corrected chi connectivity index (χ3v) is 6.80. The van der Waals surface area contributed by atoms with E-state index in [2.05, 4.69) is 10.3 Å². The molecule has 2 aromatic rings. The van der Waals surface area contributed by atoms with Crippen LogP contribution in [0.1, 0.15) is 47.3 Å². The largest absolute Gasteiger partial charge is 0.490 e. The predicted molar refractivity (Wildman–Crippen MR) is 114 cm³/mol. The maximum atomic E-state index is 12.6. The minimum atomic E-state index is -3.13. The molecule has 1 atom stereocenters. The van der Waals surface area contributed by atoms with Crippen molar-refractivity contribution in [3.05, 3.63) is 69.0 Å². The number of ether oxygens (including phenoxy) is 1. The molecule has 1 heterocycles. The Morgan fingerprint density at radius 3 is 2.70 bits per heavy atom. The van der Waals surface area contributed by atoms with Gasteiger partial charge in [0.25, 0.3) is 11.5 Å². The lowest BCUT2D eigenvalue weighted by atomic mass is 9.95. The Morgan fingerprint density at radius 2 is 1.97 bits per heavy atom. The molecular formula is C22H25N3O4S. The minimum Gasteiger partial charge on any atom is -0.490 e. The van der Waals surface area contributed by atoms with Crippen LogP contribution >= 0.6 is 0 Å². The fourth-order valence-electron chi connectivity index (χ4n) is 3.45. The number of carbonyl (C=O) groups is 1. The molecule has 8 heteroatoms. The zero-order valence-corrected chi connectivity index (χ0v) is 17.4. The Labute approximate surface area is 175 Å². The molecule has 30 heavy (non-hydrogen) atoms. The SMILES string of the molecule is N=S(=O)(/C=C/CNC(=O)c1cc2c([nH]c1=O)CCCC2)c1ccc(OC2CC2)cc1. The Balaban J connectivity index is 1.36. The fourth-order valence-corrected chi connectivity index (χ4v) is 4.52. The Morgan fingerprint density at radius 1 is 1.23 bits per heavy atom. The summed E-state index contributed by atoms with van der Waals surface area (Å²) in [5, 5.41) is 3.91. The van der Waals surface area contributed by atoms with Gasteiger partial charge in [-0.3, -0.25) is 9.59 Å². The van der Waals surface area contributed by atoms with Gasteiger partial charge < -0.3 is 15.0 Å². The van der Waals surface area contributed by atoms with Gasteiger partial charge in [-0.2, -0.15) is 0 Å². The first-order valence-electron chi connectivity index (χ1n) is 10.2. The van der Waals surface area contributed by atoms with E-state index in [1.807, 2.05) is 0 Å². The van der Waals surface area contributed by atoms with Crippen LogP contribution in [-0.2, 0) is 22.6 Å². The topological polar surface area (TPSA) is 112 Å². The van der Waals surface area contributed by atoms with Gasteiger partial charge >= 0.3 is 0 Å². The standard InChI is InChI=1S/C22H25N3O4S/c23-30(28,18-10-8-17(9-11-18)29-16-6-7-16)13-3-12-24-21(26)19-14-15-4-1-2-5-20(15)25-22(19)27/h3,8-11,13-14,16,23H,1-2,4-7,12H2,(H,24,26)(H,25,27)/b13-3+. The third kappa shape index (κ3) is 4.81. The minimum absolute atomic E-state index is 0.0775. The highest BCUT2D eigenvalue weighted by Crippen LogP contribution is 2.27. The molecule has 1 amide bonds. The van der Waals surface area contributed by atoms with Gasteiger partial charge in [-0.05, 0) is 74.4 Å². The van der Waals surface area contributed by atoms with Crippen LogP contribution in [0.3, 0.4) is 0 Å². The summed E-state index contributed by atoms with van der Waals surface area (Å²) < 4.78 is 26.4. The number of benzene rings is 1. The molecule has 0 aliphatic heterocycles. The Bertz CT molecular complexity index is 1130. The first-order chi connectivity index (χ1) is 14.4. The van der Waals surface area contributed by atoms with Gasteiger partial charge in [0, 0.05) is 17.6 Å². The van der Waals surface area contributed by atoms with Crippen molar-refractivity contribution in [2.45, 2.75) is 49.5 Å². The highest BCUT2D eigenvalue weighted by atomic mass is 32.2. The highest BCUT2D eigenvalue weighted by molar-refractivity contribution is 7.95. The highest BCUT2D eigenvalue weighted by Gasteiger charge is 2.23. The van der Waals surface area contributed by atoms with E-state index in [4.69, 9.17) is 9.52 Å². The van der Waals surface area contributed by atoms with E-state index in [0.717, 1.165) is 49.8 Å². The monoisotopic (exact) mass is 427 g/mol. The Hall–Kier alpha value is -2.87. The van der Waals surface area contributed by atoms with Gasteiger partial charge in [0.15, 0.2) is 0 Å². The zero-order chi connectivity index (χ0) is 21.1. The predicted octanol–water partition coefficient (Wildman–Crippen LogP) is 3.14. The molecule has 1 fully saturated rings. The first kappa shape index (κ1) is 20.4. The van der Waals surface area contributed by atoms with Crippen LogP contribution in [0.25, 0.3) is 0 Å². The van der Waals surface area contributed by atoms with E-state index in [1.54, 1.807) is 30.3 Å². The van der Waals surface area contributed by atoms with Crippen LogP contribution in [0, 0.1) is 4.78 Å². The van der Waals surface area contributed by atoms with E-state index < -0.39 is 21.2 Å². The lowest BCUT2D eigenvalue weighted by Crippen LogP contribution is -2.31. The van der Waals surface area contributed by atoms with Crippen molar-refractivity contribution < 1.29 is 13.7 Å². The second kappa shape index (κ2) is 8.47. The lowest BCUT2D eigenvalue weighted by molar-refractivity contribution is 0.0956. The number of H-pyrrole nitrogens is 1. The molecule has 3 N–H and O–H groups in total. The Kier molecular flexibility index (Phi) is 5.76. The van der Waals surface area contributed by atoms with Gasteiger partial charge in [-0.25, -0.2) is 8.99 Å². The molecule has 7 nitrogen and oxygen atoms in total. The summed E-state index contributed by atoms with van der Waals surface area (Å²) >= 11 is 0. The molecular weight excluding hydrogens is 402 g/mol. The third-order valence-electron chi connectivity index (χ3n) is 5.25. The molecule has 2 aliphatic rings. The van der Waals surface area contributed by atoms with E-state index in [0.29, 0.717) is 10.6 Å². The summed E-state index contributed by atoms with van der Waals surface area (Å²) in [6, 6.07) is 8.37. The molecule has 158 valence electrons. The van der Waals surface area contributed by atoms with Crippen molar-refractivity contribution >= 4 is 15.6 Å². The second-order valence-corrected chi connectivity index (χ2v) is 9.64. The molecule has 0 bridgehead atoms. The normalized spacial score (nSPS) is 17.9. The number of hydrogen-bond donors (Lipinski definition) is 3. The number of hydrogen-bond acceptors (Lipinski definition) is 5. The van der Waals surface area contributed by atoms with Crippen molar-refractivity contribution in [3.63, 3.8) is 0 Å². The van der Waals surface area contributed by atoms with E-state index in [1.165, 1.54) is 11.5 Å². The molecule has 1 aromatic carbocycles. The van der Waals surface area contributed by atoms with Crippen molar-refractivity contribution in [1.82, 2.24) is 10.3 Å². The molecule has 1 saturated carbocycles. The number of fused-ring (bicyclic) bond motifs is 1. The molecule has 0 saturated heterocycles. The number of pyridine rings is 1. The average molecular weight is 428 g/mol. The average Bonchev–Trinajstić information content (AvgIpc) is 3.55. The van der Waals surface area contributed by atoms with Gasteiger partial charge in [0.2, 0.25) is 0 Å². The smallest absolute Gasteiger partial charge is 0.261 e. The number of nitrogens with one attached hydrogen (secondary N) is 3. The fraction of sp³-hybridized carbons (Fsp3) is 0.364. The van der Waals surface area contributed by atoms with Gasteiger partial charge in [-0.15, -0.1) is 0 Å².